The SMILES string of the molecule is CCC(N)C(C)OCC(F)(F)C(F)F. The van der Waals surface area contributed by atoms with Crippen LogP contribution in [0.25, 0.3) is 0 Å². The van der Waals surface area contributed by atoms with Crippen molar-refractivity contribution in [2.24, 2.45) is 5.73 Å². The van der Waals surface area contributed by atoms with Crippen molar-refractivity contribution < 1.29 is 22.3 Å². The minimum absolute atomic E-state index is 0.413. The van der Waals surface area contributed by atoms with Crippen LogP contribution in [0.4, 0.5) is 17.6 Å². The lowest BCUT2D eigenvalue weighted by Crippen LogP contribution is -2.39. The van der Waals surface area contributed by atoms with Crippen LogP contribution in [0.2, 0.25) is 0 Å². The topological polar surface area (TPSA) is 35.2 Å². The van der Waals surface area contributed by atoms with Gasteiger partial charge in [-0.05, 0) is 13.3 Å². The first-order valence-corrected chi connectivity index (χ1v) is 4.34. The summed E-state index contributed by atoms with van der Waals surface area (Å²) < 4.78 is 52.7. The molecule has 0 aromatic heterocycles. The second-order valence-electron chi connectivity index (χ2n) is 3.15. The quantitative estimate of drug-likeness (QED) is 0.691. The van der Waals surface area contributed by atoms with Gasteiger partial charge in [0.1, 0.15) is 6.61 Å². The summed E-state index contributed by atoms with van der Waals surface area (Å²) in [5.41, 5.74) is 5.46. The van der Waals surface area contributed by atoms with E-state index < -0.39 is 31.1 Å². The molecule has 0 saturated carbocycles. The van der Waals surface area contributed by atoms with E-state index in [9.17, 15) is 17.6 Å². The van der Waals surface area contributed by atoms with E-state index in [1.165, 1.54) is 6.92 Å². The molecule has 2 atom stereocenters. The minimum Gasteiger partial charge on any atom is -0.370 e. The van der Waals surface area contributed by atoms with Gasteiger partial charge in [0.15, 0.2) is 0 Å². The number of hydrogen-bond donors (Lipinski definition) is 1. The Labute approximate surface area is 80.4 Å². The van der Waals surface area contributed by atoms with Gasteiger partial charge >= 0.3 is 12.3 Å². The van der Waals surface area contributed by atoms with Crippen molar-refractivity contribution in [2.75, 3.05) is 6.61 Å². The maximum Gasteiger partial charge on any atom is 0.330 e. The number of nitrogens with two attached hydrogens (primary N) is 1. The van der Waals surface area contributed by atoms with Crippen molar-refractivity contribution in [3.63, 3.8) is 0 Å². The molecule has 0 aliphatic heterocycles. The molecule has 14 heavy (non-hydrogen) atoms. The fraction of sp³-hybridized carbons (Fsp3) is 1.00. The predicted molar refractivity (Wildman–Crippen MR) is 44.6 cm³/mol. The van der Waals surface area contributed by atoms with Crippen LogP contribution >= 0.6 is 0 Å². The first kappa shape index (κ1) is 13.6. The van der Waals surface area contributed by atoms with Crippen molar-refractivity contribution >= 4 is 0 Å². The molecule has 0 aromatic carbocycles. The van der Waals surface area contributed by atoms with Gasteiger partial charge in [0, 0.05) is 6.04 Å². The summed E-state index contributed by atoms with van der Waals surface area (Å²) in [7, 11) is 0. The Kier molecular flexibility index (Phi) is 5.36. The molecule has 0 aliphatic carbocycles. The van der Waals surface area contributed by atoms with E-state index in [1.54, 1.807) is 6.92 Å². The minimum atomic E-state index is -4.10. The zero-order valence-corrected chi connectivity index (χ0v) is 8.14. The Morgan fingerprint density at radius 1 is 1.36 bits per heavy atom. The molecule has 6 heteroatoms. The molecule has 0 fully saturated rings. The van der Waals surface area contributed by atoms with E-state index >= 15 is 0 Å². The van der Waals surface area contributed by atoms with Crippen molar-refractivity contribution in [1.29, 1.82) is 0 Å². The van der Waals surface area contributed by atoms with Crippen LogP contribution in [0, 0.1) is 0 Å². The molecule has 0 saturated heterocycles. The normalized spacial score (nSPS) is 17.1. The molecule has 86 valence electrons. The van der Waals surface area contributed by atoms with E-state index in [0.29, 0.717) is 6.42 Å². The Balaban J connectivity index is 3.93. The van der Waals surface area contributed by atoms with E-state index in [1.807, 2.05) is 0 Å². The lowest BCUT2D eigenvalue weighted by atomic mass is 10.1. The predicted octanol–water partition coefficient (Wildman–Crippen LogP) is 2.03. The first-order chi connectivity index (χ1) is 6.31. The number of alkyl halides is 4. The molecule has 2 N–H and O–H groups in total. The van der Waals surface area contributed by atoms with Crippen molar-refractivity contribution in [1.82, 2.24) is 0 Å². The third-order valence-electron chi connectivity index (χ3n) is 1.93. The van der Waals surface area contributed by atoms with Gasteiger partial charge in [-0.15, -0.1) is 0 Å². The highest BCUT2D eigenvalue weighted by molar-refractivity contribution is 4.72. The van der Waals surface area contributed by atoms with Gasteiger partial charge in [0.25, 0.3) is 0 Å². The number of hydrogen-bond acceptors (Lipinski definition) is 2. The van der Waals surface area contributed by atoms with E-state index in [4.69, 9.17) is 5.73 Å². The van der Waals surface area contributed by atoms with Crippen LogP contribution in [0.3, 0.4) is 0 Å². The molecule has 2 nitrogen and oxygen atoms in total. The van der Waals surface area contributed by atoms with E-state index in [0.717, 1.165) is 0 Å². The molecule has 0 bridgehead atoms. The Hall–Kier alpha value is -0.360. The van der Waals surface area contributed by atoms with Crippen LogP contribution < -0.4 is 5.73 Å². The van der Waals surface area contributed by atoms with Gasteiger partial charge in [-0.2, -0.15) is 8.78 Å². The van der Waals surface area contributed by atoms with Gasteiger partial charge in [-0.3, -0.25) is 0 Å². The summed E-state index contributed by atoms with van der Waals surface area (Å²) in [6.07, 6.45) is -3.81. The molecular weight excluding hydrogens is 202 g/mol. The van der Waals surface area contributed by atoms with Crippen molar-refractivity contribution in [3.8, 4) is 0 Å². The molecule has 0 aromatic rings. The van der Waals surface area contributed by atoms with Crippen molar-refractivity contribution in [2.45, 2.75) is 44.8 Å². The average Bonchev–Trinajstić information content (AvgIpc) is 2.12. The Bertz CT molecular complexity index is 165. The Morgan fingerprint density at radius 3 is 2.21 bits per heavy atom. The fourth-order valence-electron chi connectivity index (χ4n) is 0.761. The standard InChI is InChI=1S/C8H15F4NO/c1-3-6(13)5(2)14-4-8(11,12)7(9)10/h5-7H,3-4,13H2,1-2H3. The van der Waals surface area contributed by atoms with Gasteiger partial charge in [0.05, 0.1) is 6.10 Å². The first-order valence-electron chi connectivity index (χ1n) is 4.34. The molecule has 0 spiro atoms. The van der Waals surface area contributed by atoms with Gasteiger partial charge in [-0.1, -0.05) is 6.92 Å². The fourth-order valence-corrected chi connectivity index (χ4v) is 0.761. The molecule has 0 amide bonds. The summed E-state index contributed by atoms with van der Waals surface area (Å²) in [5.74, 6) is -4.10. The van der Waals surface area contributed by atoms with E-state index in [-0.39, 0.29) is 0 Å². The van der Waals surface area contributed by atoms with Crippen LogP contribution in [0.5, 0.6) is 0 Å². The zero-order valence-electron chi connectivity index (χ0n) is 8.14. The lowest BCUT2D eigenvalue weighted by Gasteiger charge is -2.22. The van der Waals surface area contributed by atoms with Gasteiger partial charge in [0.2, 0.25) is 0 Å². The van der Waals surface area contributed by atoms with Crippen LogP contribution in [-0.2, 0) is 4.74 Å². The average molecular weight is 217 g/mol. The van der Waals surface area contributed by atoms with Crippen LogP contribution in [0.15, 0.2) is 0 Å². The molecule has 0 heterocycles. The number of halogens is 4. The van der Waals surface area contributed by atoms with Crippen LogP contribution in [0.1, 0.15) is 20.3 Å². The summed E-state index contributed by atoms with van der Waals surface area (Å²) in [6.45, 7) is 1.95. The van der Waals surface area contributed by atoms with Crippen molar-refractivity contribution in [3.05, 3.63) is 0 Å². The number of ether oxygens (including phenoxy) is 1. The molecular formula is C8H15F4NO. The summed E-state index contributed by atoms with van der Waals surface area (Å²) >= 11 is 0. The maximum atomic E-state index is 12.4. The molecule has 0 aliphatic rings. The summed E-state index contributed by atoms with van der Waals surface area (Å²) in [6, 6.07) is -0.413. The largest absolute Gasteiger partial charge is 0.370 e. The Morgan fingerprint density at radius 2 is 1.86 bits per heavy atom. The smallest absolute Gasteiger partial charge is 0.330 e. The molecule has 2 unspecified atom stereocenters. The highest BCUT2D eigenvalue weighted by atomic mass is 19.3. The van der Waals surface area contributed by atoms with Crippen LogP contribution in [-0.4, -0.2) is 31.1 Å². The second-order valence-corrected chi connectivity index (χ2v) is 3.15. The highest BCUT2D eigenvalue weighted by Gasteiger charge is 2.41. The number of rotatable bonds is 6. The zero-order chi connectivity index (χ0) is 11.4. The third-order valence-corrected chi connectivity index (χ3v) is 1.93. The van der Waals surface area contributed by atoms with E-state index in [2.05, 4.69) is 4.74 Å². The molecule has 0 radical (unpaired) electrons. The monoisotopic (exact) mass is 217 g/mol. The summed E-state index contributed by atoms with van der Waals surface area (Å²) in [4.78, 5) is 0. The highest BCUT2D eigenvalue weighted by Crippen LogP contribution is 2.23. The van der Waals surface area contributed by atoms with Gasteiger partial charge in [-0.25, -0.2) is 8.78 Å². The molecule has 0 rings (SSSR count). The summed E-state index contributed by atoms with van der Waals surface area (Å²) in [5, 5.41) is 0. The third kappa shape index (κ3) is 4.23. The lowest BCUT2D eigenvalue weighted by molar-refractivity contribution is -0.176. The van der Waals surface area contributed by atoms with Gasteiger partial charge < -0.3 is 10.5 Å². The second kappa shape index (κ2) is 5.50. The maximum absolute atomic E-state index is 12.4.